The molecule has 0 atom stereocenters. The second-order valence-corrected chi connectivity index (χ2v) is 1.82. The molecule has 1 aromatic rings. The summed E-state index contributed by atoms with van der Waals surface area (Å²) >= 11 is 0. The van der Waals surface area contributed by atoms with Gasteiger partial charge in [0.25, 0.3) is 0 Å². The van der Waals surface area contributed by atoms with Gasteiger partial charge in [-0.2, -0.15) is 0 Å². The van der Waals surface area contributed by atoms with Crippen LogP contribution in [-0.4, -0.2) is 22.3 Å². The van der Waals surface area contributed by atoms with Crippen LogP contribution in [-0.2, 0) is 0 Å². The van der Waals surface area contributed by atoms with Crippen molar-refractivity contribution in [1.82, 2.24) is 15.2 Å². The standard InChI is InChI=1S/C5H9N3O/c1-4-5(2)8(9-3)7-6-4/h1-3H3. The largest absolute Gasteiger partial charge is 0.399 e. The monoisotopic (exact) mass is 127 g/mol. The zero-order valence-corrected chi connectivity index (χ0v) is 5.75. The van der Waals surface area contributed by atoms with E-state index < -0.39 is 0 Å². The maximum absolute atomic E-state index is 4.81. The van der Waals surface area contributed by atoms with Crippen LogP contribution in [0.15, 0.2) is 0 Å². The number of aryl methyl sites for hydroxylation is 1. The van der Waals surface area contributed by atoms with Gasteiger partial charge in [-0.3, -0.25) is 0 Å². The van der Waals surface area contributed by atoms with Gasteiger partial charge in [0, 0.05) is 0 Å². The maximum atomic E-state index is 4.81. The Morgan fingerprint density at radius 3 is 2.33 bits per heavy atom. The van der Waals surface area contributed by atoms with Crippen molar-refractivity contribution in [3.8, 4) is 0 Å². The van der Waals surface area contributed by atoms with Crippen LogP contribution in [0.4, 0.5) is 0 Å². The summed E-state index contributed by atoms with van der Waals surface area (Å²) in [4.78, 5) is 6.19. The maximum Gasteiger partial charge on any atom is 0.106 e. The third-order valence-corrected chi connectivity index (χ3v) is 1.26. The van der Waals surface area contributed by atoms with Crippen LogP contribution in [0.1, 0.15) is 11.4 Å². The lowest BCUT2D eigenvalue weighted by molar-refractivity contribution is 0.123. The summed E-state index contributed by atoms with van der Waals surface area (Å²) < 4.78 is 0. The number of aromatic nitrogens is 3. The van der Waals surface area contributed by atoms with Crippen LogP contribution in [0, 0.1) is 13.8 Å². The van der Waals surface area contributed by atoms with Crippen LogP contribution in [0.2, 0.25) is 0 Å². The topological polar surface area (TPSA) is 39.9 Å². The predicted octanol–water partition coefficient (Wildman–Crippen LogP) is -0.0467. The average Bonchev–Trinajstić information content (AvgIpc) is 2.15. The number of hydrogen-bond acceptors (Lipinski definition) is 3. The first-order valence-corrected chi connectivity index (χ1v) is 2.69. The molecule has 1 aromatic heterocycles. The van der Waals surface area contributed by atoms with Crippen LogP contribution in [0.25, 0.3) is 0 Å². The highest BCUT2D eigenvalue weighted by atomic mass is 16.7. The normalized spacial score (nSPS) is 9.67. The van der Waals surface area contributed by atoms with Crippen LogP contribution in [0.3, 0.4) is 0 Å². The van der Waals surface area contributed by atoms with Gasteiger partial charge in [-0.05, 0) is 19.1 Å². The number of hydrogen-bond donors (Lipinski definition) is 0. The molecule has 0 aromatic carbocycles. The van der Waals surface area contributed by atoms with Crippen LogP contribution < -0.4 is 4.84 Å². The third kappa shape index (κ3) is 0.872. The summed E-state index contributed by atoms with van der Waals surface area (Å²) in [5, 5.41) is 7.45. The molecule has 0 fully saturated rings. The van der Waals surface area contributed by atoms with E-state index in [1.807, 2.05) is 13.8 Å². The van der Waals surface area contributed by atoms with Crippen molar-refractivity contribution < 1.29 is 4.84 Å². The van der Waals surface area contributed by atoms with E-state index in [2.05, 4.69) is 10.3 Å². The highest BCUT2D eigenvalue weighted by Crippen LogP contribution is 1.97. The van der Waals surface area contributed by atoms with Gasteiger partial charge in [-0.1, -0.05) is 4.85 Å². The lowest BCUT2D eigenvalue weighted by atomic mass is 10.4. The molecular formula is C5H9N3O. The zero-order chi connectivity index (χ0) is 6.85. The molecule has 0 unspecified atom stereocenters. The molecule has 0 N–H and O–H groups in total. The Morgan fingerprint density at radius 1 is 1.44 bits per heavy atom. The highest BCUT2D eigenvalue weighted by Gasteiger charge is 2.00. The summed E-state index contributed by atoms with van der Waals surface area (Å²) in [5.74, 6) is 0. The van der Waals surface area contributed by atoms with Crippen molar-refractivity contribution in [2.75, 3.05) is 7.11 Å². The summed E-state index contributed by atoms with van der Waals surface area (Å²) in [7, 11) is 1.56. The molecule has 4 heteroatoms. The minimum atomic E-state index is 0.900. The SMILES string of the molecule is COn1nnc(C)c1C. The second kappa shape index (κ2) is 2.05. The molecule has 4 nitrogen and oxygen atoms in total. The Hall–Kier alpha value is -1.06. The smallest absolute Gasteiger partial charge is 0.106 e. The van der Waals surface area contributed by atoms with E-state index in [0.29, 0.717) is 0 Å². The Kier molecular flexibility index (Phi) is 1.38. The molecule has 1 heterocycles. The van der Waals surface area contributed by atoms with Crippen molar-refractivity contribution in [3.05, 3.63) is 11.4 Å². The highest BCUT2D eigenvalue weighted by molar-refractivity contribution is 5.02. The molecule has 0 bridgehead atoms. The third-order valence-electron chi connectivity index (χ3n) is 1.26. The van der Waals surface area contributed by atoms with Gasteiger partial charge in [0.2, 0.25) is 0 Å². The summed E-state index contributed by atoms with van der Waals surface area (Å²) in [6.45, 7) is 3.79. The van der Waals surface area contributed by atoms with Crippen molar-refractivity contribution in [2.24, 2.45) is 0 Å². The molecule has 1 rings (SSSR count). The Bertz CT molecular complexity index is 206. The van der Waals surface area contributed by atoms with Gasteiger partial charge in [-0.25, -0.2) is 0 Å². The summed E-state index contributed by atoms with van der Waals surface area (Å²) in [6, 6.07) is 0. The van der Waals surface area contributed by atoms with E-state index >= 15 is 0 Å². The average molecular weight is 127 g/mol. The van der Waals surface area contributed by atoms with E-state index in [0.717, 1.165) is 11.4 Å². The quantitative estimate of drug-likeness (QED) is 0.531. The van der Waals surface area contributed by atoms with E-state index in [4.69, 9.17) is 4.84 Å². The van der Waals surface area contributed by atoms with Gasteiger partial charge in [0.1, 0.15) is 12.8 Å². The first-order valence-electron chi connectivity index (χ1n) is 2.69. The van der Waals surface area contributed by atoms with E-state index in [-0.39, 0.29) is 0 Å². The van der Waals surface area contributed by atoms with Crippen molar-refractivity contribution in [1.29, 1.82) is 0 Å². The van der Waals surface area contributed by atoms with Crippen LogP contribution in [0.5, 0.6) is 0 Å². The molecule has 0 aliphatic heterocycles. The lowest BCUT2D eigenvalue weighted by Crippen LogP contribution is -2.09. The fourth-order valence-corrected chi connectivity index (χ4v) is 0.559. The Balaban J connectivity index is 3.04. The molecule has 0 radical (unpaired) electrons. The molecule has 0 saturated heterocycles. The molecule has 9 heavy (non-hydrogen) atoms. The predicted molar refractivity (Wildman–Crippen MR) is 32.0 cm³/mol. The lowest BCUT2D eigenvalue weighted by Gasteiger charge is -1.96. The zero-order valence-electron chi connectivity index (χ0n) is 5.75. The van der Waals surface area contributed by atoms with Gasteiger partial charge >= 0.3 is 0 Å². The minimum Gasteiger partial charge on any atom is -0.399 e. The van der Waals surface area contributed by atoms with E-state index in [1.165, 1.54) is 4.85 Å². The van der Waals surface area contributed by atoms with Gasteiger partial charge < -0.3 is 4.84 Å². The molecule has 0 spiro atoms. The van der Waals surface area contributed by atoms with Crippen molar-refractivity contribution in [3.63, 3.8) is 0 Å². The van der Waals surface area contributed by atoms with E-state index in [9.17, 15) is 0 Å². The summed E-state index contributed by atoms with van der Waals surface area (Å²) in [5.41, 5.74) is 1.84. The first-order chi connectivity index (χ1) is 4.25. The molecule has 0 saturated carbocycles. The first kappa shape index (κ1) is 6.07. The van der Waals surface area contributed by atoms with Gasteiger partial charge in [0.15, 0.2) is 0 Å². The Labute approximate surface area is 53.4 Å². The summed E-state index contributed by atoms with van der Waals surface area (Å²) in [6.07, 6.45) is 0. The molecule has 0 aliphatic carbocycles. The molecular weight excluding hydrogens is 118 g/mol. The van der Waals surface area contributed by atoms with E-state index in [1.54, 1.807) is 7.11 Å². The fourth-order valence-electron chi connectivity index (χ4n) is 0.559. The fraction of sp³-hybridized carbons (Fsp3) is 0.600. The van der Waals surface area contributed by atoms with Crippen LogP contribution >= 0.6 is 0 Å². The van der Waals surface area contributed by atoms with Gasteiger partial charge in [0.05, 0.1) is 5.69 Å². The minimum absolute atomic E-state index is 0.900. The number of nitrogens with zero attached hydrogens (tertiary/aromatic N) is 3. The molecule has 50 valence electrons. The van der Waals surface area contributed by atoms with Gasteiger partial charge in [-0.15, -0.1) is 5.10 Å². The van der Waals surface area contributed by atoms with Crippen molar-refractivity contribution >= 4 is 0 Å². The second-order valence-electron chi connectivity index (χ2n) is 1.82. The van der Waals surface area contributed by atoms with Crippen molar-refractivity contribution in [2.45, 2.75) is 13.8 Å². The Morgan fingerprint density at radius 2 is 2.11 bits per heavy atom. The molecule has 0 aliphatic rings. The molecule has 0 amide bonds. The number of rotatable bonds is 1.